The molecule has 0 aliphatic rings. The maximum atomic E-state index is 5.08. The quantitative estimate of drug-likeness (QED) is 0.209. The minimum absolute atomic E-state index is 0.0563. The van der Waals surface area contributed by atoms with Crippen LogP contribution < -0.4 is 0 Å². The van der Waals surface area contributed by atoms with Crippen molar-refractivity contribution in [3.05, 3.63) is 84.1 Å². The third kappa shape index (κ3) is 4.70. The van der Waals surface area contributed by atoms with E-state index in [0.717, 1.165) is 17.6 Å². The Morgan fingerprint density at radius 1 is 0.794 bits per heavy atom. The van der Waals surface area contributed by atoms with Crippen LogP contribution >= 0.6 is 0 Å². The zero-order chi connectivity index (χ0) is 24.1. The molecule has 0 aliphatic carbocycles. The van der Waals surface area contributed by atoms with Crippen LogP contribution in [0.2, 0.25) is 0 Å². The van der Waals surface area contributed by atoms with Crippen molar-refractivity contribution in [2.75, 3.05) is 0 Å². The van der Waals surface area contributed by atoms with Crippen molar-refractivity contribution in [2.24, 2.45) is 5.41 Å². The van der Waals surface area contributed by atoms with Crippen LogP contribution in [0.3, 0.4) is 0 Å². The molecule has 0 atom stereocenters. The van der Waals surface area contributed by atoms with Gasteiger partial charge in [0.25, 0.3) is 0 Å². The van der Waals surface area contributed by atoms with E-state index < -0.39 is 20.4 Å². The number of hydrogen-bond donors (Lipinski definition) is 0. The van der Waals surface area contributed by atoms with Crippen molar-refractivity contribution in [1.82, 2.24) is 9.97 Å². The van der Waals surface area contributed by atoms with E-state index in [0.29, 0.717) is 5.41 Å². The Balaban J connectivity index is 1.61. The molecule has 0 fully saturated rings. The first-order chi connectivity index (χ1) is 16.1. The molecule has 2 nitrogen and oxygen atoms in total. The van der Waals surface area contributed by atoms with Crippen LogP contribution in [0.1, 0.15) is 52.7 Å². The summed E-state index contributed by atoms with van der Waals surface area (Å²) in [6.07, 6.45) is 3.01. The fourth-order valence-electron chi connectivity index (χ4n) is 4.63. The molecule has 2 aromatic heterocycles. The molecule has 2 heterocycles. The molecule has 0 unspecified atom stereocenters. The van der Waals surface area contributed by atoms with Crippen molar-refractivity contribution in [3.63, 3.8) is 0 Å². The van der Waals surface area contributed by atoms with Crippen molar-refractivity contribution in [1.29, 1.82) is 0 Å². The predicted molar refractivity (Wildman–Crippen MR) is 147 cm³/mol. The van der Waals surface area contributed by atoms with Gasteiger partial charge in [-0.15, -0.1) is 0 Å². The minimum atomic E-state index is -0.624. The van der Waals surface area contributed by atoms with Gasteiger partial charge in [-0.25, -0.2) is 0 Å². The molecule has 0 radical (unpaired) electrons. The Hall–Kier alpha value is -2.47. The van der Waals surface area contributed by atoms with Crippen LogP contribution in [0, 0.1) is 5.41 Å². The number of nitrogens with zero attached hydrogens (tertiary/aromatic N) is 2. The van der Waals surface area contributed by atoms with Crippen LogP contribution in [-0.2, 0) is 11.8 Å². The molecule has 0 aliphatic heterocycles. The molecular weight excluding hydrogens is 528 g/mol. The van der Waals surface area contributed by atoms with Crippen LogP contribution in [0.5, 0.6) is 0 Å². The average molecular weight is 560 g/mol. The van der Waals surface area contributed by atoms with Gasteiger partial charge >= 0.3 is 213 Å². The first kappa shape index (κ1) is 23.3. The summed E-state index contributed by atoms with van der Waals surface area (Å²) in [4.78, 5) is 9.97. The molecule has 0 N–H and O–H groups in total. The molecule has 0 bridgehead atoms. The van der Waals surface area contributed by atoms with Crippen LogP contribution in [-0.4, -0.2) is 30.4 Å². The van der Waals surface area contributed by atoms with E-state index in [4.69, 9.17) is 9.97 Å². The molecule has 34 heavy (non-hydrogen) atoms. The SMILES string of the molecule is CC(C)(C)Cc1ccc(-c2nc3ccnc(-c4cc(C(C)(C)C)c5ccccc5c4)c3[te]2)cc1. The van der Waals surface area contributed by atoms with Gasteiger partial charge in [0.05, 0.1) is 0 Å². The van der Waals surface area contributed by atoms with E-state index in [-0.39, 0.29) is 5.41 Å². The Labute approximate surface area is 212 Å². The first-order valence-electron chi connectivity index (χ1n) is 12.0. The fraction of sp³-hybridized carbons (Fsp3) is 0.290. The van der Waals surface area contributed by atoms with Gasteiger partial charge in [0.15, 0.2) is 0 Å². The van der Waals surface area contributed by atoms with Crippen molar-refractivity contribution in [2.45, 2.75) is 53.4 Å². The normalized spacial score (nSPS) is 12.5. The van der Waals surface area contributed by atoms with Gasteiger partial charge in [0.1, 0.15) is 0 Å². The maximum absolute atomic E-state index is 5.08. The monoisotopic (exact) mass is 562 g/mol. The van der Waals surface area contributed by atoms with E-state index in [9.17, 15) is 0 Å². The van der Waals surface area contributed by atoms with Crippen LogP contribution in [0.25, 0.3) is 40.2 Å². The molecule has 3 heteroatoms. The van der Waals surface area contributed by atoms with Crippen molar-refractivity contribution in [3.8, 4) is 20.5 Å². The number of rotatable bonds is 3. The summed E-state index contributed by atoms with van der Waals surface area (Å²) in [6, 6.07) is 24.5. The third-order valence-corrected chi connectivity index (χ3v) is 9.40. The van der Waals surface area contributed by atoms with Gasteiger partial charge in [-0.05, 0) is 0 Å². The first-order valence-corrected chi connectivity index (χ1v) is 14.3. The zero-order valence-corrected chi connectivity index (χ0v) is 23.3. The summed E-state index contributed by atoms with van der Waals surface area (Å²) in [5.41, 5.74) is 7.80. The summed E-state index contributed by atoms with van der Waals surface area (Å²) >= 11 is -0.624. The molecule has 0 amide bonds. The molecule has 5 aromatic rings. The standard InChI is InChI=1S/C31H32N2Te/c1-30(2,3)19-20-11-13-21(14-12-20)29-33-26-15-16-32-27(28(26)34-29)23-17-22-9-7-8-10-24(22)25(18-23)31(4,5)6/h7-18H,19H2,1-6H3. The fourth-order valence-corrected chi connectivity index (χ4v) is 7.70. The van der Waals surface area contributed by atoms with E-state index in [2.05, 4.69) is 108 Å². The topological polar surface area (TPSA) is 25.8 Å². The Morgan fingerprint density at radius 2 is 1.53 bits per heavy atom. The second-order valence-electron chi connectivity index (χ2n) is 11.5. The second kappa shape index (κ2) is 8.63. The van der Waals surface area contributed by atoms with E-state index in [1.54, 1.807) is 0 Å². The number of benzene rings is 3. The molecule has 0 saturated carbocycles. The predicted octanol–water partition coefficient (Wildman–Crippen LogP) is 8.06. The van der Waals surface area contributed by atoms with E-state index in [1.165, 1.54) is 40.1 Å². The Bertz CT molecular complexity index is 1480. The summed E-state index contributed by atoms with van der Waals surface area (Å²) in [7, 11) is 0. The van der Waals surface area contributed by atoms with Gasteiger partial charge in [-0.3, -0.25) is 0 Å². The number of fused-ring (bicyclic) bond motifs is 2. The molecule has 172 valence electrons. The van der Waals surface area contributed by atoms with Gasteiger partial charge in [0.2, 0.25) is 0 Å². The van der Waals surface area contributed by atoms with Crippen LogP contribution in [0.15, 0.2) is 72.9 Å². The van der Waals surface area contributed by atoms with Gasteiger partial charge in [0, 0.05) is 0 Å². The zero-order valence-electron chi connectivity index (χ0n) is 20.9. The van der Waals surface area contributed by atoms with Gasteiger partial charge in [-0.1, -0.05) is 0 Å². The average Bonchev–Trinajstić information content (AvgIpc) is 3.21. The second-order valence-corrected chi connectivity index (χ2v) is 14.3. The molecule has 0 spiro atoms. The summed E-state index contributed by atoms with van der Waals surface area (Å²) in [5, 5.41) is 2.61. The van der Waals surface area contributed by atoms with Gasteiger partial charge < -0.3 is 0 Å². The molecule has 0 saturated heterocycles. The van der Waals surface area contributed by atoms with Crippen molar-refractivity contribution < 1.29 is 0 Å². The number of aromatic nitrogens is 2. The third-order valence-electron chi connectivity index (χ3n) is 6.18. The number of hydrogen-bond acceptors (Lipinski definition) is 2. The van der Waals surface area contributed by atoms with Crippen molar-refractivity contribution >= 4 is 40.1 Å². The molecule has 3 aromatic carbocycles. The Kier molecular flexibility index (Phi) is 5.91. The van der Waals surface area contributed by atoms with Gasteiger partial charge in [-0.2, -0.15) is 0 Å². The summed E-state index contributed by atoms with van der Waals surface area (Å²) < 4.78 is 2.62. The molecule has 5 rings (SSSR count). The van der Waals surface area contributed by atoms with E-state index in [1.807, 2.05) is 6.20 Å². The number of pyridine rings is 1. The molecular formula is C31H32N2Te. The summed E-state index contributed by atoms with van der Waals surface area (Å²) in [5.74, 6) is 0. The van der Waals surface area contributed by atoms with E-state index >= 15 is 0 Å². The summed E-state index contributed by atoms with van der Waals surface area (Å²) in [6.45, 7) is 13.7. The Morgan fingerprint density at radius 3 is 2.24 bits per heavy atom. The van der Waals surface area contributed by atoms with Crippen LogP contribution in [0.4, 0.5) is 0 Å².